The second kappa shape index (κ2) is 11.3. The van der Waals surface area contributed by atoms with Gasteiger partial charge in [-0.25, -0.2) is 9.78 Å². The lowest BCUT2D eigenvalue weighted by Crippen LogP contribution is -2.38. The van der Waals surface area contributed by atoms with Gasteiger partial charge < -0.3 is 14.5 Å². The molecule has 0 aliphatic carbocycles. The molecule has 34 heavy (non-hydrogen) atoms. The maximum Gasteiger partial charge on any atom is 0.360 e. The standard InChI is InChI=1S/C26H28ClN3O4/c1-2-33-26(32)23-24(34-17-29-23)21-5-3-4-6-22(21)25(31)28-15-18-11-13-30(14-12-18)16-19-7-9-20(27)10-8-19/h3-10,17-18H,2,11-16H2,1H3,(H,28,31). The second-order valence-electron chi connectivity index (χ2n) is 8.35. The van der Waals surface area contributed by atoms with E-state index in [2.05, 4.69) is 27.3 Å². The van der Waals surface area contributed by atoms with E-state index < -0.39 is 5.97 Å². The molecule has 4 rings (SSSR count). The summed E-state index contributed by atoms with van der Waals surface area (Å²) in [6.45, 7) is 5.43. The minimum atomic E-state index is -0.577. The highest BCUT2D eigenvalue weighted by Crippen LogP contribution is 2.28. The Hall–Kier alpha value is -3.16. The molecule has 1 aromatic heterocycles. The van der Waals surface area contributed by atoms with Gasteiger partial charge in [0.05, 0.1) is 12.2 Å². The quantitative estimate of drug-likeness (QED) is 0.464. The largest absolute Gasteiger partial charge is 0.461 e. The third-order valence-electron chi connectivity index (χ3n) is 6.03. The summed E-state index contributed by atoms with van der Waals surface area (Å²) in [5, 5.41) is 3.82. The van der Waals surface area contributed by atoms with E-state index in [4.69, 9.17) is 20.8 Å². The molecule has 1 aliphatic heterocycles. The van der Waals surface area contributed by atoms with Crippen LogP contribution in [0.2, 0.25) is 5.02 Å². The Bertz CT molecular complexity index is 1120. The summed E-state index contributed by atoms with van der Waals surface area (Å²) in [4.78, 5) is 31.7. The normalized spacial score (nSPS) is 14.6. The number of aromatic nitrogens is 1. The van der Waals surface area contributed by atoms with Crippen molar-refractivity contribution in [2.24, 2.45) is 5.92 Å². The number of oxazole rings is 1. The summed E-state index contributed by atoms with van der Waals surface area (Å²) >= 11 is 5.97. The number of carbonyl (C=O) groups is 2. The Morgan fingerprint density at radius 3 is 2.62 bits per heavy atom. The number of piperidine rings is 1. The van der Waals surface area contributed by atoms with Crippen molar-refractivity contribution in [2.75, 3.05) is 26.2 Å². The molecule has 8 heteroatoms. The minimum absolute atomic E-state index is 0.0650. The first-order chi connectivity index (χ1) is 16.5. The van der Waals surface area contributed by atoms with Crippen LogP contribution in [0.3, 0.4) is 0 Å². The van der Waals surface area contributed by atoms with E-state index in [0.717, 1.165) is 37.5 Å². The van der Waals surface area contributed by atoms with E-state index in [1.807, 2.05) is 12.1 Å². The zero-order chi connectivity index (χ0) is 23.9. The van der Waals surface area contributed by atoms with Crippen molar-refractivity contribution < 1.29 is 18.7 Å². The fraction of sp³-hybridized carbons (Fsp3) is 0.346. The Kier molecular flexibility index (Phi) is 7.98. The molecule has 1 amide bonds. The van der Waals surface area contributed by atoms with Crippen LogP contribution in [0.5, 0.6) is 0 Å². The van der Waals surface area contributed by atoms with E-state index >= 15 is 0 Å². The zero-order valence-corrected chi connectivity index (χ0v) is 19.9. The lowest BCUT2D eigenvalue weighted by molar-refractivity contribution is 0.0520. The van der Waals surface area contributed by atoms with Crippen LogP contribution < -0.4 is 5.32 Å². The summed E-state index contributed by atoms with van der Waals surface area (Å²) in [6.07, 6.45) is 3.23. The monoisotopic (exact) mass is 481 g/mol. The predicted octanol–water partition coefficient (Wildman–Crippen LogP) is 4.81. The third kappa shape index (κ3) is 5.85. The molecule has 2 aromatic carbocycles. The predicted molar refractivity (Wildman–Crippen MR) is 130 cm³/mol. The molecule has 2 heterocycles. The molecule has 178 valence electrons. The smallest absolute Gasteiger partial charge is 0.360 e. The number of hydrogen-bond donors (Lipinski definition) is 1. The molecular weight excluding hydrogens is 454 g/mol. The van der Waals surface area contributed by atoms with E-state index in [1.165, 1.54) is 12.0 Å². The number of nitrogens with one attached hydrogen (secondary N) is 1. The number of benzene rings is 2. The van der Waals surface area contributed by atoms with Gasteiger partial charge in [-0.2, -0.15) is 0 Å². The van der Waals surface area contributed by atoms with Crippen LogP contribution in [-0.4, -0.2) is 48.0 Å². The van der Waals surface area contributed by atoms with E-state index in [0.29, 0.717) is 23.6 Å². The molecule has 1 aliphatic rings. The van der Waals surface area contributed by atoms with Gasteiger partial charge in [-0.3, -0.25) is 9.69 Å². The third-order valence-corrected chi connectivity index (χ3v) is 6.28. The van der Waals surface area contributed by atoms with E-state index in [-0.39, 0.29) is 24.0 Å². The fourth-order valence-corrected chi connectivity index (χ4v) is 4.32. The van der Waals surface area contributed by atoms with Crippen LogP contribution >= 0.6 is 11.6 Å². The molecule has 1 N–H and O–H groups in total. The summed E-state index contributed by atoms with van der Waals surface area (Å²) in [5.41, 5.74) is 2.26. The van der Waals surface area contributed by atoms with E-state index in [9.17, 15) is 9.59 Å². The van der Waals surface area contributed by atoms with Crippen LogP contribution in [0.15, 0.2) is 59.3 Å². The molecule has 0 spiro atoms. The van der Waals surface area contributed by atoms with Gasteiger partial charge in [-0.15, -0.1) is 0 Å². The number of esters is 1. The topological polar surface area (TPSA) is 84.7 Å². The van der Waals surface area contributed by atoms with Crippen LogP contribution in [0.4, 0.5) is 0 Å². The molecule has 7 nitrogen and oxygen atoms in total. The molecule has 0 saturated carbocycles. The van der Waals surface area contributed by atoms with Gasteiger partial charge in [0.1, 0.15) is 0 Å². The summed E-state index contributed by atoms with van der Waals surface area (Å²) < 4.78 is 10.5. The van der Waals surface area contributed by atoms with Crippen LogP contribution in [0.1, 0.15) is 46.2 Å². The Morgan fingerprint density at radius 2 is 1.88 bits per heavy atom. The number of halogens is 1. The van der Waals surface area contributed by atoms with Gasteiger partial charge in [0.2, 0.25) is 0 Å². The molecule has 1 saturated heterocycles. The molecule has 0 unspecified atom stereocenters. The minimum Gasteiger partial charge on any atom is -0.461 e. The SMILES string of the molecule is CCOC(=O)c1ncoc1-c1ccccc1C(=O)NCC1CCN(Cc2ccc(Cl)cc2)CC1. The van der Waals surface area contributed by atoms with Crippen LogP contribution in [0, 0.1) is 5.92 Å². The van der Waals surface area contributed by atoms with Gasteiger partial charge in [-0.1, -0.05) is 41.9 Å². The number of amides is 1. The van der Waals surface area contributed by atoms with Gasteiger partial charge in [0, 0.05) is 23.7 Å². The Labute approximate surface area is 204 Å². The lowest BCUT2D eigenvalue weighted by atomic mass is 9.96. The number of likely N-dealkylation sites (tertiary alicyclic amines) is 1. The fourth-order valence-electron chi connectivity index (χ4n) is 4.19. The van der Waals surface area contributed by atoms with Gasteiger partial charge in [0.25, 0.3) is 5.91 Å². The zero-order valence-electron chi connectivity index (χ0n) is 19.1. The summed E-state index contributed by atoms with van der Waals surface area (Å²) in [7, 11) is 0. The Morgan fingerprint density at radius 1 is 1.15 bits per heavy atom. The molecular formula is C26H28ClN3O4. The number of rotatable bonds is 8. The van der Waals surface area contributed by atoms with Gasteiger partial charge >= 0.3 is 5.97 Å². The first-order valence-corrected chi connectivity index (χ1v) is 11.9. The van der Waals surface area contributed by atoms with Crippen molar-refractivity contribution in [1.82, 2.24) is 15.2 Å². The average molecular weight is 482 g/mol. The molecule has 3 aromatic rings. The number of hydrogen-bond acceptors (Lipinski definition) is 6. The Balaban J connectivity index is 1.34. The van der Waals surface area contributed by atoms with E-state index in [1.54, 1.807) is 31.2 Å². The highest BCUT2D eigenvalue weighted by molar-refractivity contribution is 6.30. The molecule has 1 fully saturated rings. The lowest BCUT2D eigenvalue weighted by Gasteiger charge is -2.32. The maximum absolute atomic E-state index is 13.0. The highest BCUT2D eigenvalue weighted by atomic mass is 35.5. The molecule has 0 bridgehead atoms. The number of carbonyl (C=O) groups excluding carboxylic acids is 2. The summed E-state index contributed by atoms with van der Waals surface area (Å²) in [6, 6.07) is 15.0. The first kappa shape index (κ1) is 24.0. The first-order valence-electron chi connectivity index (χ1n) is 11.5. The average Bonchev–Trinajstić information content (AvgIpc) is 3.35. The maximum atomic E-state index is 13.0. The van der Waals surface area contributed by atoms with Crippen molar-refractivity contribution in [2.45, 2.75) is 26.3 Å². The number of ether oxygens (including phenoxy) is 1. The summed E-state index contributed by atoms with van der Waals surface area (Å²) in [5.74, 6) is -0.130. The highest BCUT2D eigenvalue weighted by Gasteiger charge is 2.24. The second-order valence-corrected chi connectivity index (χ2v) is 8.79. The van der Waals surface area contributed by atoms with Crippen molar-refractivity contribution in [3.63, 3.8) is 0 Å². The van der Waals surface area contributed by atoms with Crippen molar-refractivity contribution >= 4 is 23.5 Å². The van der Waals surface area contributed by atoms with Crippen molar-refractivity contribution in [3.8, 4) is 11.3 Å². The van der Waals surface area contributed by atoms with Gasteiger partial charge in [-0.05, 0) is 62.5 Å². The van der Waals surface area contributed by atoms with Crippen molar-refractivity contribution in [1.29, 1.82) is 0 Å². The van der Waals surface area contributed by atoms with Gasteiger partial charge in [0.15, 0.2) is 17.8 Å². The molecule has 0 atom stereocenters. The van der Waals surface area contributed by atoms with Crippen molar-refractivity contribution in [3.05, 3.63) is 76.8 Å². The molecule has 0 radical (unpaired) electrons. The van der Waals surface area contributed by atoms with Crippen LogP contribution in [0.25, 0.3) is 11.3 Å². The number of nitrogens with zero attached hydrogens (tertiary/aromatic N) is 2. The van der Waals surface area contributed by atoms with Crippen LogP contribution in [-0.2, 0) is 11.3 Å².